The Morgan fingerprint density at radius 1 is 0.833 bits per heavy atom. The van der Waals surface area contributed by atoms with E-state index in [1.54, 1.807) is 0 Å². The summed E-state index contributed by atoms with van der Waals surface area (Å²) < 4.78 is 27.7. The third-order valence-electron chi connectivity index (χ3n) is 3.98. The van der Waals surface area contributed by atoms with Crippen LogP contribution in [0.4, 0.5) is 11.4 Å². The van der Waals surface area contributed by atoms with E-state index in [4.69, 9.17) is 28.3 Å². The van der Waals surface area contributed by atoms with Gasteiger partial charge in [-0.2, -0.15) is 0 Å². The highest BCUT2D eigenvalue weighted by molar-refractivity contribution is 7.92. The number of nitrogens with one attached hydrogen (secondary N) is 2. The summed E-state index contributed by atoms with van der Waals surface area (Å²) in [4.78, 5) is 23.6. The highest BCUT2D eigenvalue weighted by atomic mass is 35.5. The molecule has 0 saturated carbocycles. The number of carboxylic acids is 1. The number of aromatic carboxylic acids is 1. The fraction of sp³-hybridized carbons (Fsp3) is 0. The molecule has 0 bridgehead atoms. The summed E-state index contributed by atoms with van der Waals surface area (Å²) in [7, 11) is -3.98. The first-order chi connectivity index (χ1) is 14.2. The van der Waals surface area contributed by atoms with E-state index >= 15 is 0 Å². The van der Waals surface area contributed by atoms with Crippen molar-refractivity contribution in [1.29, 1.82) is 0 Å². The van der Waals surface area contributed by atoms with Gasteiger partial charge in [0.1, 0.15) is 0 Å². The molecule has 3 rings (SSSR count). The molecule has 3 aromatic rings. The van der Waals surface area contributed by atoms with Gasteiger partial charge in [-0.25, -0.2) is 13.2 Å². The van der Waals surface area contributed by atoms with E-state index < -0.39 is 21.9 Å². The second-order valence-corrected chi connectivity index (χ2v) is 8.64. The van der Waals surface area contributed by atoms with Crippen molar-refractivity contribution in [3.05, 3.63) is 87.9 Å². The molecule has 0 heterocycles. The quantitative estimate of drug-likeness (QED) is 0.487. The van der Waals surface area contributed by atoms with E-state index in [-0.39, 0.29) is 26.7 Å². The van der Waals surface area contributed by atoms with Crippen molar-refractivity contribution < 1.29 is 23.1 Å². The van der Waals surface area contributed by atoms with E-state index in [0.717, 1.165) is 0 Å². The molecule has 0 saturated heterocycles. The van der Waals surface area contributed by atoms with E-state index in [1.807, 2.05) is 0 Å². The maximum atomic E-state index is 12.7. The normalized spacial score (nSPS) is 11.0. The number of amides is 1. The minimum absolute atomic E-state index is 0.0117. The van der Waals surface area contributed by atoms with Crippen molar-refractivity contribution in [2.75, 3.05) is 10.0 Å². The lowest BCUT2D eigenvalue weighted by atomic mass is 10.1. The van der Waals surface area contributed by atoms with Crippen LogP contribution in [0, 0.1) is 0 Å². The van der Waals surface area contributed by atoms with Crippen LogP contribution in [0.2, 0.25) is 10.0 Å². The van der Waals surface area contributed by atoms with Crippen LogP contribution in [-0.2, 0) is 10.0 Å². The van der Waals surface area contributed by atoms with Gasteiger partial charge in [0.15, 0.2) is 0 Å². The number of rotatable bonds is 6. The predicted molar refractivity (Wildman–Crippen MR) is 115 cm³/mol. The number of carbonyl (C=O) groups excluding carboxylic acids is 1. The molecule has 154 valence electrons. The molecule has 0 fully saturated rings. The maximum absolute atomic E-state index is 12.7. The van der Waals surface area contributed by atoms with Gasteiger partial charge in [0, 0.05) is 15.7 Å². The van der Waals surface area contributed by atoms with Crippen LogP contribution < -0.4 is 10.0 Å². The van der Waals surface area contributed by atoms with Gasteiger partial charge in [0.05, 0.1) is 21.7 Å². The van der Waals surface area contributed by atoms with Gasteiger partial charge in [-0.05, 0) is 66.7 Å². The fourth-order valence-electron chi connectivity index (χ4n) is 2.51. The molecule has 7 nitrogen and oxygen atoms in total. The Bertz CT molecular complexity index is 1210. The molecule has 0 aliphatic rings. The molecular weight excluding hydrogens is 451 g/mol. The molecule has 0 atom stereocenters. The number of anilines is 2. The summed E-state index contributed by atoms with van der Waals surface area (Å²) in [5, 5.41) is 12.1. The first-order valence-electron chi connectivity index (χ1n) is 8.38. The average Bonchev–Trinajstić information content (AvgIpc) is 2.70. The Balaban J connectivity index is 1.88. The van der Waals surface area contributed by atoms with Gasteiger partial charge in [0.25, 0.3) is 15.9 Å². The van der Waals surface area contributed by atoms with Crippen LogP contribution in [-0.4, -0.2) is 25.4 Å². The third-order valence-corrected chi connectivity index (χ3v) is 5.85. The van der Waals surface area contributed by atoms with Crippen molar-refractivity contribution in [3.63, 3.8) is 0 Å². The monoisotopic (exact) mass is 464 g/mol. The zero-order valence-electron chi connectivity index (χ0n) is 15.1. The van der Waals surface area contributed by atoms with E-state index in [1.165, 1.54) is 66.7 Å². The Labute approximate surface area is 182 Å². The Kier molecular flexibility index (Phi) is 6.31. The van der Waals surface area contributed by atoms with Gasteiger partial charge in [0.2, 0.25) is 0 Å². The predicted octanol–water partition coefficient (Wildman–Crippen LogP) is 4.74. The number of sulfonamides is 1. The van der Waals surface area contributed by atoms with Crippen LogP contribution in [0.15, 0.2) is 71.6 Å². The van der Waals surface area contributed by atoms with Gasteiger partial charge in [-0.15, -0.1) is 0 Å². The second-order valence-electron chi connectivity index (χ2n) is 6.09. The smallest absolute Gasteiger partial charge is 0.335 e. The van der Waals surface area contributed by atoms with Crippen molar-refractivity contribution in [3.8, 4) is 0 Å². The number of benzene rings is 3. The lowest BCUT2D eigenvalue weighted by Crippen LogP contribution is -2.18. The summed E-state index contributed by atoms with van der Waals surface area (Å²) in [5.41, 5.74) is 0.403. The summed E-state index contributed by atoms with van der Waals surface area (Å²) >= 11 is 11.8. The average molecular weight is 465 g/mol. The van der Waals surface area contributed by atoms with E-state index in [2.05, 4.69) is 10.0 Å². The van der Waals surface area contributed by atoms with Gasteiger partial charge in [-0.1, -0.05) is 23.2 Å². The van der Waals surface area contributed by atoms with E-state index in [9.17, 15) is 18.0 Å². The third kappa shape index (κ3) is 5.10. The van der Waals surface area contributed by atoms with E-state index in [0.29, 0.717) is 10.7 Å². The molecular formula is C20H14Cl2N2O5S. The molecule has 1 amide bonds. The molecule has 0 aromatic heterocycles. The lowest BCUT2D eigenvalue weighted by molar-refractivity contribution is 0.0696. The summed E-state index contributed by atoms with van der Waals surface area (Å²) in [6.07, 6.45) is 0. The van der Waals surface area contributed by atoms with Crippen LogP contribution in [0.25, 0.3) is 0 Å². The molecule has 3 aromatic carbocycles. The molecule has 0 aliphatic heterocycles. The summed E-state index contributed by atoms with van der Waals surface area (Å²) in [6, 6.07) is 15.2. The van der Waals surface area contributed by atoms with Crippen molar-refractivity contribution in [2.24, 2.45) is 0 Å². The molecule has 0 radical (unpaired) electrons. The topological polar surface area (TPSA) is 113 Å². The standard InChI is InChI=1S/C20H14Cl2N2O5S/c21-13-3-8-16(9-4-13)30(28,29)24-18-10-5-14(22)11-17(18)19(25)23-15-6-1-12(2-7-15)20(26)27/h1-11,24H,(H,23,25)(H,26,27). The largest absolute Gasteiger partial charge is 0.478 e. The summed E-state index contributed by atoms with van der Waals surface area (Å²) in [6.45, 7) is 0. The minimum atomic E-state index is -3.98. The molecule has 0 aliphatic carbocycles. The Hall–Kier alpha value is -3.07. The van der Waals surface area contributed by atoms with Gasteiger partial charge in [-0.3, -0.25) is 9.52 Å². The second kappa shape index (κ2) is 8.74. The molecule has 30 heavy (non-hydrogen) atoms. The van der Waals surface area contributed by atoms with Crippen molar-refractivity contribution in [2.45, 2.75) is 4.90 Å². The lowest BCUT2D eigenvalue weighted by Gasteiger charge is -2.13. The first kappa shape index (κ1) is 21.6. The molecule has 0 spiro atoms. The van der Waals surface area contributed by atoms with Crippen LogP contribution in [0.5, 0.6) is 0 Å². The van der Waals surface area contributed by atoms with Crippen molar-refractivity contribution >= 4 is 56.5 Å². The van der Waals surface area contributed by atoms with Gasteiger partial charge < -0.3 is 10.4 Å². The zero-order valence-corrected chi connectivity index (χ0v) is 17.4. The van der Waals surface area contributed by atoms with Crippen LogP contribution in [0.3, 0.4) is 0 Å². The fourth-order valence-corrected chi connectivity index (χ4v) is 3.88. The molecule has 3 N–H and O–H groups in total. The van der Waals surface area contributed by atoms with Gasteiger partial charge >= 0.3 is 5.97 Å². The summed E-state index contributed by atoms with van der Waals surface area (Å²) in [5.74, 6) is -1.73. The maximum Gasteiger partial charge on any atom is 0.335 e. The number of carbonyl (C=O) groups is 2. The SMILES string of the molecule is O=C(O)c1ccc(NC(=O)c2cc(Cl)ccc2NS(=O)(=O)c2ccc(Cl)cc2)cc1. The Morgan fingerprint density at radius 2 is 1.43 bits per heavy atom. The highest BCUT2D eigenvalue weighted by Crippen LogP contribution is 2.25. The number of halogens is 2. The number of hydrogen-bond donors (Lipinski definition) is 3. The zero-order chi connectivity index (χ0) is 21.9. The first-order valence-corrected chi connectivity index (χ1v) is 10.6. The van der Waals surface area contributed by atoms with Crippen LogP contribution in [0.1, 0.15) is 20.7 Å². The minimum Gasteiger partial charge on any atom is -0.478 e. The molecule has 10 heteroatoms. The van der Waals surface area contributed by atoms with Crippen molar-refractivity contribution in [1.82, 2.24) is 0 Å². The molecule has 0 unspecified atom stereocenters. The Morgan fingerprint density at radius 3 is 2.03 bits per heavy atom. The highest BCUT2D eigenvalue weighted by Gasteiger charge is 2.19. The number of hydrogen-bond acceptors (Lipinski definition) is 4. The number of carboxylic acid groups (broad SMARTS) is 1. The van der Waals surface area contributed by atoms with Crippen LogP contribution >= 0.6 is 23.2 Å².